The number of aliphatic hydroxyl groups is 25. The number of carbonyl (C=O) groups excluding carboxylic acids is 3. The summed E-state index contributed by atoms with van der Waals surface area (Å²) in [5.41, 5.74) is 0. The van der Waals surface area contributed by atoms with Crippen LogP contribution in [0.25, 0.3) is 0 Å². The van der Waals surface area contributed by atoms with Gasteiger partial charge in [-0.05, 0) is 6.92 Å². The molecule has 0 aromatic carbocycles. The van der Waals surface area contributed by atoms with Crippen molar-refractivity contribution in [3.8, 4) is 0 Å². The van der Waals surface area contributed by atoms with Crippen molar-refractivity contribution in [2.45, 2.75) is 304 Å². The average molecular weight is 1580 g/mol. The first kappa shape index (κ1) is 88.7. The zero-order valence-corrected chi connectivity index (χ0v) is 58.0. The van der Waals surface area contributed by atoms with Gasteiger partial charge in [0.2, 0.25) is 17.7 Å². The monoisotopic (exact) mass is 1580 g/mol. The van der Waals surface area contributed by atoms with E-state index in [0.717, 1.165) is 20.8 Å². The number of rotatable bonds is 27. The minimum Gasteiger partial charge on any atom is -0.394 e. The lowest BCUT2D eigenvalue weighted by molar-refractivity contribution is -0.396. The Morgan fingerprint density at radius 2 is 0.565 bits per heavy atom. The zero-order valence-electron chi connectivity index (χ0n) is 58.0. The van der Waals surface area contributed by atoms with Gasteiger partial charge in [-0.25, -0.2) is 0 Å². The topological polar surface area (TPSA) is 750 Å². The van der Waals surface area contributed by atoms with E-state index in [1.54, 1.807) is 0 Å². The maximum Gasteiger partial charge on any atom is 0.217 e. The van der Waals surface area contributed by atoms with Gasteiger partial charge in [0, 0.05) is 20.8 Å². The van der Waals surface area contributed by atoms with Crippen molar-refractivity contribution < 1.29 is 223 Å². The van der Waals surface area contributed by atoms with E-state index >= 15 is 0 Å². The SMILES string of the molecule is CC(=O)N[C@@H]1[C@@H](O)[C@H](O[C@@H]2O[C@H](CO)[C@@H](O[C@@H]3O[C@H](CO[C@H]4O[C@H](CO[C@H]5O[C@H](CO)[C@@H](O)[C@H](O)[C@@H]5O)[C@@H](O)[C@H](O[C@H]5O[C@H](CO)[C@@H](O)[C@H](O)[C@@H]5O)[C@@H]4O)[C@@H](O)[C@H](O[C@H]4O[C@H](CO)[C@@H](O)[C@H](O)[C@@H]4O[C@@H]4O[C@H](CO)[C@@H](O)[C@H](O)[C@H]4NC(C)=O)[C@@H]3O)[C@H](O)[C@H]2NC(C)=O)[C@@H](CO[C@H]2O[C@H](C)[C@H](O)[C@H](O)[C@H]2O)O[C@H]1O. The maximum atomic E-state index is 13.1. The quantitative estimate of drug-likeness (QED) is 0.0363. The van der Waals surface area contributed by atoms with Crippen LogP contribution in [0.1, 0.15) is 27.7 Å². The third-order valence-corrected chi connectivity index (χ3v) is 19.9. The molecule has 9 saturated heterocycles. The Balaban J connectivity index is 1.05. The van der Waals surface area contributed by atoms with Crippen LogP contribution in [0.5, 0.6) is 0 Å². The lowest BCUT2D eigenvalue weighted by atomic mass is 9.93. The van der Waals surface area contributed by atoms with E-state index in [1.165, 1.54) is 6.92 Å². The summed E-state index contributed by atoms with van der Waals surface area (Å²) in [4.78, 5) is 38.0. The van der Waals surface area contributed by atoms with Gasteiger partial charge >= 0.3 is 0 Å². The predicted molar refractivity (Wildman–Crippen MR) is 330 cm³/mol. The molecule has 0 aliphatic carbocycles. The second-order valence-corrected chi connectivity index (χ2v) is 27.5. The first-order valence-electron chi connectivity index (χ1n) is 34.5. The van der Waals surface area contributed by atoms with Crippen LogP contribution < -0.4 is 16.0 Å². The number of ether oxygens (including phenoxy) is 17. The van der Waals surface area contributed by atoms with E-state index in [2.05, 4.69) is 16.0 Å². The smallest absolute Gasteiger partial charge is 0.217 e. The molecule has 9 fully saturated rings. The van der Waals surface area contributed by atoms with Crippen molar-refractivity contribution in [3.63, 3.8) is 0 Å². The van der Waals surface area contributed by atoms with Gasteiger partial charge in [-0.3, -0.25) is 14.4 Å². The molecule has 108 heavy (non-hydrogen) atoms. The molecule has 626 valence electrons. The molecule has 9 rings (SSSR count). The molecular formula is C60H101N3O45. The molecule has 28 N–H and O–H groups in total. The molecule has 0 radical (unpaired) electrons. The number of hydrogen-bond donors (Lipinski definition) is 28. The Bertz CT molecular complexity index is 2820. The van der Waals surface area contributed by atoms with E-state index in [1.807, 2.05) is 0 Å². The molecule has 9 heterocycles. The molecule has 0 spiro atoms. The van der Waals surface area contributed by atoms with Crippen LogP contribution in [0.3, 0.4) is 0 Å². The van der Waals surface area contributed by atoms with Crippen molar-refractivity contribution >= 4 is 17.7 Å². The minimum atomic E-state index is -2.55. The zero-order chi connectivity index (χ0) is 79.5. The fourth-order valence-electron chi connectivity index (χ4n) is 13.8. The summed E-state index contributed by atoms with van der Waals surface area (Å²) in [5.74, 6) is -2.66. The summed E-state index contributed by atoms with van der Waals surface area (Å²) in [6.45, 7) is -4.11. The van der Waals surface area contributed by atoms with Crippen LogP contribution in [-0.2, 0) is 94.9 Å². The number of nitrogens with one attached hydrogen (secondary N) is 3. The van der Waals surface area contributed by atoms with Gasteiger partial charge in [-0.15, -0.1) is 0 Å². The third-order valence-electron chi connectivity index (χ3n) is 19.9. The Kier molecular flexibility index (Phi) is 31.6. The molecule has 45 atom stereocenters. The second kappa shape index (κ2) is 38.5. The fourth-order valence-corrected chi connectivity index (χ4v) is 13.8. The highest BCUT2D eigenvalue weighted by Crippen LogP contribution is 2.39. The molecule has 0 saturated carbocycles. The summed E-state index contributed by atoms with van der Waals surface area (Å²) in [5, 5.41) is 283. The van der Waals surface area contributed by atoms with Crippen LogP contribution in [0.4, 0.5) is 0 Å². The highest BCUT2D eigenvalue weighted by atomic mass is 16.8. The van der Waals surface area contributed by atoms with Gasteiger partial charge in [-0.1, -0.05) is 0 Å². The number of carbonyl (C=O) groups is 3. The molecule has 3 amide bonds. The molecule has 9 aliphatic rings. The van der Waals surface area contributed by atoms with Crippen molar-refractivity contribution in [1.29, 1.82) is 0 Å². The molecule has 48 heteroatoms. The van der Waals surface area contributed by atoms with Gasteiger partial charge in [0.05, 0.1) is 59.0 Å². The lowest BCUT2D eigenvalue weighted by Gasteiger charge is -2.51. The van der Waals surface area contributed by atoms with Crippen molar-refractivity contribution in [1.82, 2.24) is 16.0 Å². The largest absolute Gasteiger partial charge is 0.394 e. The highest BCUT2D eigenvalue weighted by Gasteiger charge is 2.60. The van der Waals surface area contributed by atoms with Gasteiger partial charge < -0.3 is 224 Å². The van der Waals surface area contributed by atoms with Crippen molar-refractivity contribution in [2.24, 2.45) is 0 Å². The molecular weight excluding hydrogens is 1480 g/mol. The highest BCUT2D eigenvalue weighted by molar-refractivity contribution is 5.74. The second-order valence-electron chi connectivity index (χ2n) is 27.5. The summed E-state index contributed by atoms with van der Waals surface area (Å²) >= 11 is 0. The Labute approximate surface area is 611 Å². The third kappa shape index (κ3) is 19.5. The van der Waals surface area contributed by atoms with Gasteiger partial charge in [-0.2, -0.15) is 0 Å². The van der Waals surface area contributed by atoms with E-state index in [-0.39, 0.29) is 0 Å². The minimum absolute atomic E-state index is 0.826. The van der Waals surface area contributed by atoms with Crippen LogP contribution in [0.15, 0.2) is 0 Å². The van der Waals surface area contributed by atoms with E-state index in [9.17, 15) is 142 Å². The van der Waals surface area contributed by atoms with Gasteiger partial charge in [0.15, 0.2) is 56.6 Å². The molecule has 0 unspecified atom stereocenters. The molecule has 0 aromatic rings. The van der Waals surface area contributed by atoms with E-state index < -0.39 is 347 Å². The molecule has 0 aromatic heterocycles. The van der Waals surface area contributed by atoms with Crippen LogP contribution in [0, 0.1) is 0 Å². The normalized spacial score (nSPS) is 50.4. The molecule has 9 aliphatic heterocycles. The Morgan fingerprint density at radius 1 is 0.259 bits per heavy atom. The first-order valence-corrected chi connectivity index (χ1v) is 34.5. The summed E-state index contributed by atoms with van der Waals surface area (Å²) < 4.78 is 99.6. The van der Waals surface area contributed by atoms with Crippen LogP contribution in [0.2, 0.25) is 0 Å². The lowest BCUT2D eigenvalue weighted by Crippen LogP contribution is -2.71. The molecule has 0 bridgehead atoms. The summed E-state index contributed by atoms with van der Waals surface area (Å²) in [7, 11) is 0. The number of hydrogen-bond acceptors (Lipinski definition) is 45. The van der Waals surface area contributed by atoms with Gasteiger partial charge in [0.1, 0.15) is 213 Å². The molecule has 48 nitrogen and oxygen atoms in total. The van der Waals surface area contributed by atoms with Gasteiger partial charge in [0.25, 0.3) is 0 Å². The predicted octanol–water partition coefficient (Wildman–Crippen LogP) is -19.2. The van der Waals surface area contributed by atoms with Crippen molar-refractivity contribution in [3.05, 3.63) is 0 Å². The van der Waals surface area contributed by atoms with Crippen LogP contribution >= 0.6 is 0 Å². The summed E-state index contributed by atoms with van der Waals surface area (Å²) in [6, 6.07) is -5.50. The van der Waals surface area contributed by atoms with E-state index in [0.29, 0.717) is 0 Å². The Morgan fingerprint density at radius 3 is 1.06 bits per heavy atom. The number of aliphatic hydroxyl groups excluding tert-OH is 25. The Hall–Kier alpha value is -3.27. The van der Waals surface area contributed by atoms with E-state index in [4.69, 9.17) is 80.5 Å². The fraction of sp³-hybridized carbons (Fsp3) is 0.950. The first-order chi connectivity index (χ1) is 51.0. The van der Waals surface area contributed by atoms with Crippen LogP contribution in [-0.4, -0.2) is 474 Å². The standard InChI is InChI=1S/C60H101N3O45/c1-13-28(72)38(82)42(86)55(95-13)94-12-24-48(36(80)25(52(91)96-24)61-14(2)69)104-54-27(63-16(4)71)37(81)47(21(9-68)101-54)105-59-46(90)50(107-60-51(41(85)32(76)20(8-67)100-60)108-53-26(62-15(3)70)35(79)29(73)17(5-64)97-53)34(78)23(103-59)11-93-57-45(89)49(106-58-44(88)40(84)31(75)19(7-66)99-58)33(77)22(102-57)10-92-56-43(87)39(83)30(74)18(6-65)98-56/h13,17-60,64-68,72-91H,5-12H2,1-4H3,(H,61,69)(H,62,70)(H,63,71)/t13-,17-,18-,19-,20-,21-,22-,23-,24-,25-,26-,27-,28+,29-,30-,31-,32-,33-,34-,35-,36-,37-,38+,39+,40+,41+,42-,43+,44+,45+,46+,47-,48-,49+,50+,51+,52-,53+,54+,55+,56+,57+,58-,59+,60-/m1/s1. The summed E-state index contributed by atoms with van der Waals surface area (Å²) in [6.07, 6.45) is -85.6. The van der Waals surface area contributed by atoms with Crippen molar-refractivity contribution in [2.75, 3.05) is 52.9 Å². The number of amides is 3. The average Bonchev–Trinajstić information content (AvgIpc) is 0.770. The maximum absolute atomic E-state index is 13.1.